The van der Waals surface area contributed by atoms with Gasteiger partial charge in [0.25, 0.3) is 0 Å². The molecule has 0 amide bonds. The third-order valence-electron chi connectivity index (χ3n) is 1.53. The minimum absolute atomic E-state index is 1.22. The summed E-state index contributed by atoms with van der Waals surface area (Å²) in [5.74, 6) is 0. The number of hydrogen-bond acceptors (Lipinski definition) is 0. The van der Waals surface area contributed by atoms with Crippen molar-refractivity contribution in [3.05, 3.63) is 22.8 Å². The van der Waals surface area contributed by atoms with Crippen molar-refractivity contribution in [1.29, 1.82) is 0 Å². The van der Waals surface area contributed by atoms with Crippen molar-refractivity contribution in [2.45, 2.75) is 27.2 Å². The highest BCUT2D eigenvalue weighted by Crippen LogP contribution is 2.26. The Labute approximate surface area is 50.9 Å². The van der Waals surface area contributed by atoms with E-state index in [1.165, 1.54) is 23.1 Å². The lowest BCUT2D eigenvalue weighted by Gasteiger charge is -2.15. The smallest absolute Gasteiger partial charge is 0.00673 e. The second-order valence-corrected chi connectivity index (χ2v) is 2.69. The van der Waals surface area contributed by atoms with Crippen molar-refractivity contribution >= 4 is 0 Å². The van der Waals surface area contributed by atoms with Crippen molar-refractivity contribution in [2.24, 2.45) is 0 Å². The van der Waals surface area contributed by atoms with E-state index >= 15 is 0 Å². The van der Waals surface area contributed by atoms with Crippen LogP contribution < -0.4 is 0 Å². The van der Waals surface area contributed by atoms with E-state index < -0.39 is 0 Å². The van der Waals surface area contributed by atoms with Crippen LogP contribution in [0.4, 0.5) is 0 Å². The first-order chi connectivity index (χ1) is 3.70. The van der Waals surface area contributed by atoms with Gasteiger partial charge in [0.2, 0.25) is 0 Å². The summed E-state index contributed by atoms with van der Waals surface area (Å²) in [5.41, 5.74) is 4.51. The molecule has 0 bridgehead atoms. The molecule has 0 atom stereocenters. The Kier molecular flexibility index (Phi) is 1.24. The summed E-state index contributed by atoms with van der Waals surface area (Å²) < 4.78 is 0. The van der Waals surface area contributed by atoms with E-state index in [2.05, 4.69) is 26.8 Å². The molecule has 0 aliphatic heterocycles. The standard InChI is InChI=1S/C8H12/c1-6(2)8-4-7(3)5-8/h4H,5H2,1-3H3. The minimum atomic E-state index is 1.22. The molecule has 8 heavy (non-hydrogen) atoms. The van der Waals surface area contributed by atoms with Gasteiger partial charge >= 0.3 is 0 Å². The summed E-state index contributed by atoms with van der Waals surface area (Å²) >= 11 is 0. The van der Waals surface area contributed by atoms with Crippen molar-refractivity contribution in [3.63, 3.8) is 0 Å². The molecule has 44 valence electrons. The van der Waals surface area contributed by atoms with Crippen LogP contribution in [0.5, 0.6) is 0 Å². The van der Waals surface area contributed by atoms with Crippen LogP contribution >= 0.6 is 0 Å². The normalized spacial score (nSPS) is 17.4. The first-order valence-corrected chi connectivity index (χ1v) is 3.03. The molecular weight excluding hydrogens is 96.1 g/mol. The number of rotatable bonds is 0. The fourth-order valence-electron chi connectivity index (χ4n) is 0.890. The second kappa shape index (κ2) is 1.77. The molecular formula is C8H12. The Bertz CT molecular complexity index is 155. The fourth-order valence-corrected chi connectivity index (χ4v) is 0.890. The monoisotopic (exact) mass is 108 g/mol. The van der Waals surface area contributed by atoms with E-state index in [0.29, 0.717) is 0 Å². The van der Waals surface area contributed by atoms with E-state index in [-0.39, 0.29) is 0 Å². The molecule has 0 fully saturated rings. The molecule has 0 radical (unpaired) electrons. The zero-order valence-corrected chi connectivity index (χ0v) is 5.78. The van der Waals surface area contributed by atoms with Crippen LogP contribution in [-0.4, -0.2) is 0 Å². The fraction of sp³-hybridized carbons (Fsp3) is 0.500. The minimum Gasteiger partial charge on any atom is -0.0729 e. The zero-order chi connectivity index (χ0) is 6.15. The Morgan fingerprint density at radius 2 is 2.00 bits per heavy atom. The van der Waals surface area contributed by atoms with E-state index in [9.17, 15) is 0 Å². The van der Waals surface area contributed by atoms with Gasteiger partial charge in [-0.1, -0.05) is 17.2 Å². The van der Waals surface area contributed by atoms with Gasteiger partial charge in [0.1, 0.15) is 0 Å². The van der Waals surface area contributed by atoms with Gasteiger partial charge in [-0.2, -0.15) is 0 Å². The summed E-state index contributed by atoms with van der Waals surface area (Å²) in [4.78, 5) is 0. The van der Waals surface area contributed by atoms with E-state index in [1.54, 1.807) is 0 Å². The van der Waals surface area contributed by atoms with Gasteiger partial charge in [-0.3, -0.25) is 0 Å². The third-order valence-corrected chi connectivity index (χ3v) is 1.53. The van der Waals surface area contributed by atoms with Gasteiger partial charge in [-0.25, -0.2) is 0 Å². The van der Waals surface area contributed by atoms with Crippen LogP contribution in [0.1, 0.15) is 27.2 Å². The molecule has 0 aromatic carbocycles. The summed E-state index contributed by atoms with van der Waals surface area (Å²) in [5, 5.41) is 0. The highest BCUT2D eigenvalue weighted by Gasteiger charge is 2.06. The Morgan fingerprint density at radius 3 is 2.12 bits per heavy atom. The Balaban J connectivity index is 2.73. The SMILES string of the molecule is CC1=CC(=C(C)C)C1. The molecule has 0 nitrogen and oxygen atoms in total. The Morgan fingerprint density at radius 1 is 1.50 bits per heavy atom. The average molecular weight is 108 g/mol. The van der Waals surface area contributed by atoms with Crippen molar-refractivity contribution in [3.8, 4) is 0 Å². The van der Waals surface area contributed by atoms with Crippen LogP contribution in [0.3, 0.4) is 0 Å². The molecule has 1 aliphatic rings. The first-order valence-electron chi connectivity index (χ1n) is 3.03. The van der Waals surface area contributed by atoms with Gasteiger partial charge in [0.15, 0.2) is 0 Å². The highest BCUT2D eigenvalue weighted by molar-refractivity contribution is 5.39. The van der Waals surface area contributed by atoms with Crippen molar-refractivity contribution in [1.82, 2.24) is 0 Å². The predicted molar refractivity (Wildman–Crippen MR) is 36.7 cm³/mol. The lowest BCUT2D eigenvalue weighted by atomic mass is 9.91. The van der Waals surface area contributed by atoms with Gasteiger partial charge in [0, 0.05) is 0 Å². The van der Waals surface area contributed by atoms with Gasteiger partial charge in [-0.15, -0.1) is 0 Å². The van der Waals surface area contributed by atoms with E-state index in [4.69, 9.17) is 0 Å². The summed E-state index contributed by atoms with van der Waals surface area (Å²) in [6.07, 6.45) is 3.48. The van der Waals surface area contributed by atoms with Crippen LogP contribution in [0.2, 0.25) is 0 Å². The lowest BCUT2D eigenvalue weighted by Crippen LogP contribution is -1.95. The van der Waals surface area contributed by atoms with Crippen molar-refractivity contribution < 1.29 is 0 Å². The summed E-state index contributed by atoms with van der Waals surface area (Å²) in [6, 6.07) is 0. The maximum Gasteiger partial charge on any atom is -0.00673 e. The van der Waals surface area contributed by atoms with Crippen LogP contribution in [0, 0.1) is 0 Å². The molecule has 0 aromatic rings. The zero-order valence-electron chi connectivity index (χ0n) is 5.78. The average Bonchev–Trinajstić information content (AvgIpc) is 1.57. The molecule has 0 spiro atoms. The molecule has 0 heterocycles. The largest absolute Gasteiger partial charge is 0.0729 e. The number of hydrogen-bond donors (Lipinski definition) is 0. The maximum absolute atomic E-state index is 2.26. The lowest BCUT2D eigenvalue weighted by molar-refractivity contribution is 1.02. The summed E-state index contributed by atoms with van der Waals surface area (Å²) in [7, 11) is 0. The molecule has 0 aromatic heterocycles. The molecule has 1 aliphatic carbocycles. The molecule has 0 saturated carbocycles. The van der Waals surface area contributed by atoms with Crippen LogP contribution in [-0.2, 0) is 0 Å². The quantitative estimate of drug-likeness (QED) is 0.447. The van der Waals surface area contributed by atoms with Gasteiger partial charge in [-0.05, 0) is 32.8 Å². The van der Waals surface area contributed by atoms with Gasteiger partial charge < -0.3 is 0 Å². The van der Waals surface area contributed by atoms with E-state index in [1.807, 2.05) is 0 Å². The molecule has 0 saturated heterocycles. The van der Waals surface area contributed by atoms with Crippen molar-refractivity contribution in [2.75, 3.05) is 0 Å². The first kappa shape index (κ1) is 5.61. The predicted octanol–water partition coefficient (Wildman–Crippen LogP) is 2.67. The molecule has 0 N–H and O–H groups in total. The Hall–Kier alpha value is -0.520. The molecule has 0 unspecified atom stereocenters. The second-order valence-electron chi connectivity index (χ2n) is 2.69. The third kappa shape index (κ3) is 0.835. The highest BCUT2D eigenvalue weighted by atomic mass is 14.1. The summed E-state index contributed by atoms with van der Waals surface area (Å²) in [6.45, 7) is 6.50. The maximum atomic E-state index is 2.26. The van der Waals surface area contributed by atoms with Crippen LogP contribution in [0.15, 0.2) is 22.8 Å². The van der Waals surface area contributed by atoms with E-state index in [0.717, 1.165) is 0 Å². The van der Waals surface area contributed by atoms with Crippen LogP contribution in [0.25, 0.3) is 0 Å². The van der Waals surface area contributed by atoms with Gasteiger partial charge in [0.05, 0.1) is 0 Å². The molecule has 1 rings (SSSR count). The number of allylic oxidation sites excluding steroid dienone is 4. The molecule has 0 heteroatoms. The topological polar surface area (TPSA) is 0 Å².